The van der Waals surface area contributed by atoms with Gasteiger partial charge in [0.15, 0.2) is 5.60 Å². The third-order valence-corrected chi connectivity index (χ3v) is 6.19. The van der Waals surface area contributed by atoms with E-state index in [4.69, 9.17) is 13.9 Å². The zero-order chi connectivity index (χ0) is 25.3. The molecule has 5 rings (SSSR count). The van der Waals surface area contributed by atoms with Gasteiger partial charge in [0.1, 0.15) is 24.8 Å². The van der Waals surface area contributed by atoms with Crippen molar-refractivity contribution in [2.75, 3.05) is 17.6 Å². The van der Waals surface area contributed by atoms with Crippen LogP contribution in [0.5, 0.6) is 5.75 Å². The number of aromatic nitrogens is 2. The molecule has 2 heterocycles. The molecule has 1 aromatic heterocycles. The third kappa shape index (κ3) is 4.70. The minimum atomic E-state index is -3.47. The number of ether oxygens (including phenoxy) is 2. The fraction of sp³-hybridized carbons (Fsp3) is 0.160. The Labute approximate surface area is 205 Å². The van der Waals surface area contributed by atoms with E-state index in [1.54, 1.807) is 36.4 Å². The molecule has 184 valence electrons. The number of sulfonamides is 1. The standard InChI is InChI=1S/C25H20FN3O6S/c1-36(31,32)29-19-12-8-17(9-13-19)25(15-33-21-5-3-2-4-20(21)23(25)30)34-14-22-27-28-24(35-22)16-6-10-18(26)11-7-16/h2-13,29H,14-15H2,1H3. The van der Waals surface area contributed by atoms with Crippen molar-refractivity contribution in [3.8, 4) is 17.2 Å². The molecule has 0 aliphatic carbocycles. The minimum absolute atomic E-state index is 0.107. The first kappa shape index (κ1) is 23.6. The second kappa shape index (κ2) is 9.17. The number of carbonyl (C=O) groups is 1. The first-order valence-electron chi connectivity index (χ1n) is 10.8. The van der Waals surface area contributed by atoms with Gasteiger partial charge >= 0.3 is 0 Å². The Kier molecular flexibility index (Phi) is 6.02. The van der Waals surface area contributed by atoms with Crippen LogP contribution in [0.2, 0.25) is 0 Å². The topological polar surface area (TPSA) is 121 Å². The molecule has 4 aromatic rings. The van der Waals surface area contributed by atoms with Crippen LogP contribution in [0.4, 0.5) is 10.1 Å². The molecule has 1 atom stereocenters. The molecule has 3 aromatic carbocycles. The number of carbonyl (C=O) groups excluding carboxylic acids is 1. The molecule has 0 fully saturated rings. The lowest BCUT2D eigenvalue weighted by atomic mass is 9.84. The van der Waals surface area contributed by atoms with Crippen molar-refractivity contribution < 1.29 is 31.5 Å². The molecule has 11 heteroatoms. The summed E-state index contributed by atoms with van der Waals surface area (Å²) in [4.78, 5) is 13.7. The Morgan fingerprint density at radius 3 is 2.47 bits per heavy atom. The molecule has 9 nitrogen and oxygen atoms in total. The summed E-state index contributed by atoms with van der Waals surface area (Å²) in [6.07, 6.45) is 1.05. The van der Waals surface area contributed by atoms with Crippen LogP contribution in [-0.4, -0.2) is 37.3 Å². The van der Waals surface area contributed by atoms with E-state index >= 15 is 0 Å². The molecular weight excluding hydrogens is 489 g/mol. The van der Waals surface area contributed by atoms with Crippen LogP contribution in [0.25, 0.3) is 11.5 Å². The summed E-state index contributed by atoms with van der Waals surface area (Å²) in [5.74, 6) is 0.00340. The summed E-state index contributed by atoms with van der Waals surface area (Å²) in [7, 11) is -3.47. The first-order chi connectivity index (χ1) is 17.2. The predicted octanol–water partition coefficient (Wildman–Crippen LogP) is 3.93. The van der Waals surface area contributed by atoms with Crippen molar-refractivity contribution in [3.63, 3.8) is 0 Å². The summed E-state index contributed by atoms with van der Waals surface area (Å²) in [6, 6.07) is 18.7. The molecule has 1 aliphatic heterocycles. The van der Waals surface area contributed by atoms with E-state index in [0.717, 1.165) is 6.26 Å². The summed E-state index contributed by atoms with van der Waals surface area (Å²) < 4.78 is 56.5. The molecule has 0 saturated carbocycles. The molecule has 36 heavy (non-hydrogen) atoms. The number of anilines is 1. The van der Waals surface area contributed by atoms with Crippen LogP contribution in [0.15, 0.2) is 77.2 Å². The van der Waals surface area contributed by atoms with Gasteiger partial charge in [-0.15, -0.1) is 10.2 Å². The van der Waals surface area contributed by atoms with Crippen LogP contribution in [-0.2, 0) is 27.0 Å². The second-order valence-electron chi connectivity index (χ2n) is 8.19. The van der Waals surface area contributed by atoms with Gasteiger partial charge in [0.05, 0.1) is 11.8 Å². The Balaban J connectivity index is 1.46. The lowest BCUT2D eigenvalue weighted by Gasteiger charge is -2.36. The average molecular weight is 510 g/mol. The van der Waals surface area contributed by atoms with Gasteiger partial charge in [-0.25, -0.2) is 12.8 Å². The fourth-order valence-electron chi connectivity index (χ4n) is 3.88. The van der Waals surface area contributed by atoms with E-state index in [1.165, 1.54) is 36.4 Å². The highest BCUT2D eigenvalue weighted by molar-refractivity contribution is 7.92. The van der Waals surface area contributed by atoms with Crippen molar-refractivity contribution in [2.24, 2.45) is 0 Å². The smallest absolute Gasteiger partial charge is 0.247 e. The van der Waals surface area contributed by atoms with Gasteiger partial charge < -0.3 is 13.9 Å². The number of rotatable bonds is 7. The van der Waals surface area contributed by atoms with E-state index in [0.29, 0.717) is 28.1 Å². The molecule has 1 aliphatic rings. The van der Waals surface area contributed by atoms with Crippen LogP contribution in [0, 0.1) is 5.82 Å². The quantitative estimate of drug-likeness (QED) is 0.398. The maximum atomic E-state index is 13.7. The highest BCUT2D eigenvalue weighted by atomic mass is 32.2. The molecule has 0 radical (unpaired) electrons. The zero-order valence-corrected chi connectivity index (χ0v) is 19.8. The second-order valence-corrected chi connectivity index (χ2v) is 9.94. The highest BCUT2D eigenvalue weighted by Gasteiger charge is 2.47. The molecular formula is C25H20FN3O6S. The average Bonchev–Trinajstić information content (AvgIpc) is 3.33. The highest BCUT2D eigenvalue weighted by Crippen LogP contribution is 2.39. The van der Waals surface area contributed by atoms with Crippen molar-refractivity contribution in [1.29, 1.82) is 0 Å². The van der Waals surface area contributed by atoms with E-state index in [9.17, 15) is 17.6 Å². The van der Waals surface area contributed by atoms with Crippen LogP contribution in [0.1, 0.15) is 21.8 Å². The Bertz CT molecular complexity index is 1520. The van der Waals surface area contributed by atoms with Gasteiger partial charge in [-0.1, -0.05) is 24.3 Å². The Morgan fingerprint density at radius 2 is 1.75 bits per heavy atom. The fourth-order valence-corrected chi connectivity index (χ4v) is 4.44. The number of Topliss-reactive ketones (excluding diaryl/α,β-unsaturated/α-hetero) is 1. The maximum absolute atomic E-state index is 13.7. The van der Waals surface area contributed by atoms with E-state index < -0.39 is 21.4 Å². The van der Waals surface area contributed by atoms with E-state index in [2.05, 4.69) is 14.9 Å². The predicted molar refractivity (Wildman–Crippen MR) is 127 cm³/mol. The maximum Gasteiger partial charge on any atom is 0.247 e. The number of ketones is 1. The molecule has 0 saturated heterocycles. The van der Waals surface area contributed by atoms with E-state index in [1.807, 2.05) is 0 Å². The van der Waals surface area contributed by atoms with E-state index in [-0.39, 0.29) is 30.8 Å². The largest absolute Gasteiger partial charge is 0.489 e. The number of hydrogen-bond acceptors (Lipinski definition) is 8. The minimum Gasteiger partial charge on any atom is -0.489 e. The molecule has 1 unspecified atom stereocenters. The summed E-state index contributed by atoms with van der Waals surface area (Å²) in [6.45, 7) is -0.338. The molecule has 1 N–H and O–H groups in total. The summed E-state index contributed by atoms with van der Waals surface area (Å²) in [5.41, 5.74) is 0.119. The first-order valence-corrected chi connectivity index (χ1v) is 12.7. The number of nitrogens with one attached hydrogen (secondary N) is 1. The van der Waals surface area contributed by atoms with Crippen molar-refractivity contribution in [2.45, 2.75) is 12.2 Å². The van der Waals surface area contributed by atoms with Gasteiger partial charge in [-0.2, -0.15) is 0 Å². The SMILES string of the molecule is CS(=O)(=O)Nc1ccc(C2(OCc3nnc(-c4ccc(F)cc4)o3)COc3ccccc3C2=O)cc1. The lowest BCUT2D eigenvalue weighted by molar-refractivity contribution is -0.0738. The molecule has 0 bridgehead atoms. The van der Waals surface area contributed by atoms with Gasteiger partial charge in [-0.3, -0.25) is 9.52 Å². The zero-order valence-electron chi connectivity index (χ0n) is 19.0. The normalized spacial score (nSPS) is 17.3. The monoisotopic (exact) mass is 509 g/mol. The number of halogens is 1. The molecule has 0 spiro atoms. The number of fused-ring (bicyclic) bond motifs is 1. The van der Waals surface area contributed by atoms with Gasteiger partial charge in [-0.05, 0) is 54.1 Å². The number of nitrogens with zero attached hydrogens (tertiary/aromatic N) is 2. The van der Waals surface area contributed by atoms with Gasteiger partial charge in [0.25, 0.3) is 0 Å². The van der Waals surface area contributed by atoms with Gasteiger partial charge in [0.2, 0.25) is 27.6 Å². The Morgan fingerprint density at radius 1 is 1.03 bits per heavy atom. The lowest BCUT2D eigenvalue weighted by Crippen LogP contribution is -2.47. The van der Waals surface area contributed by atoms with Crippen molar-refractivity contribution >= 4 is 21.5 Å². The van der Waals surface area contributed by atoms with Crippen LogP contribution < -0.4 is 9.46 Å². The van der Waals surface area contributed by atoms with Crippen LogP contribution >= 0.6 is 0 Å². The Hall–Kier alpha value is -4.09. The summed E-state index contributed by atoms with van der Waals surface area (Å²) >= 11 is 0. The number of para-hydroxylation sites is 1. The third-order valence-electron chi connectivity index (χ3n) is 5.58. The van der Waals surface area contributed by atoms with Crippen molar-refractivity contribution in [1.82, 2.24) is 10.2 Å². The van der Waals surface area contributed by atoms with Gasteiger partial charge in [0, 0.05) is 11.3 Å². The van der Waals surface area contributed by atoms with Crippen molar-refractivity contribution in [3.05, 3.63) is 95.6 Å². The number of hydrogen-bond donors (Lipinski definition) is 1. The number of benzene rings is 3. The molecule has 0 amide bonds. The summed E-state index contributed by atoms with van der Waals surface area (Å²) in [5, 5.41) is 7.96. The van der Waals surface area contributed by atoms with Crippen LogP contribution in [0.3, 0.4) is 0 Å².